The molecule has 134 valence electrons. The normalized spacial score (nSPS) is 15.1. The predicted molar refractivity (Wildman–Crippen MR) is 92.4 cm³/mol. The van der Waals surface area contributed by atoms with E-state index in [1.807, 2.05) is 4.98 Å². The molecule has 1 heterocycles. The lowest BCUT2D eigenvalue weighted by atomic mass is 10.2. The molecule has 0 saturated carbocycles. The van der Waals surface area contributed by atoms with Crippen molar-refractivity contribution in [3.63, 3.8) is 0 Å². The van der Waals surface area contributed by atoms with Crippen molar-refractivity contribution in [2.75, 3.05) is 23.7 Å². The molecule has 11 heteroatoms. The monoisotopic (exact) mass is 377 g/mol. The van der Waals surface area contributed by atoms with Crippen molar-refractivity contribution in [1.29, 1.82) is 0 Å². The Balaban J connectivity index is 2.74. The summed E-state index contributed by atoms with van der Waals surface area (Å²) < 4.78 is 22.7. The molecule has 1 rings (SSSR count). The van der Waals surface area contributed by atoms with Gasteiger partial charge in [0.1, 0.15) is 0 Å². The van der Waals surface area contributed by atoms with Crippen LogP contribution in [0.1, 0.15) is 11.3 Å². The van der Waals surface area contributed by atoms with Crippen LogP contribution in [0.15, 0.2) is 15.7 Å². The summed E-state index contributed by atoms with van der Waals surface area (Å²) in [7, 11) is -2.68. The zero-order valence-corrected chi connectivity index (χ0v) is 14.8. The molecule has 0 aliphatic heterocycles. The number of amides is 1. The van der Waals surface area contributed by atoms with Crippen LogP contribution in [0.5, 0.6) is 0 Å². The van der Waals surface area contributed by atoms with Crippen LogP contribution in [0.3, 0.4) is 0 Å². The first kappa shape index (κ1) is 20.2. The SMILES string of the molecule is Cc1[nH]c(=O)[nH]c(=O)c1/C=C/C(=O)N[C@H](CO)C[S@@](=O)C[S@](C)=O. The van der Waals surface area contributed by atoms with E-state index >= 15 is 0 Å². The molecule has 0 aromatic carbocycles. The molecule has 0 radical (unpaired) electrons. The average Bonchev–Trinajstić information content (AvgIpc) is 2.44. The number of aryl methyl sites for hydroxylation is 1. The van der Waals surface area contributed by atoms with Gasteiger partial charge in [0.05, 0.1) is 23.3 Å². The summed E-state index contributed by atoms with van der Waals surface area (Å²) in [4.78, 5) is 39.0. The Morgan fingerprint density at radius 1 is 1.33 bits per heavy atom. The number of hydrogen-bond donors (Lipinski definition) is 4. The third-order valence-corrected chi connectivity index (χ3v) is 5.98. The fraction of sp³-hybridized carbons (Fsp3) is 0.462. The van der Waals surface area contributed by atoms with Gasteiger partial charge in [-0.3, -0.25) is 23.0 Å². The van der Waals surface area contributed by atoms with Gasteiger partial charge in [-0.15, -0.1) is 0 Å². The Morgan fingerprint density at radius 3 is 2.54 bits per heavy atom. The highest BCUT2D eigenvalue weighted by molar-refractivity contribution is 8.01. The summed E-state index contributed by atoms with van der Waals surface area (Å²) in [6.45, 7) is 1.08. The van der Waals surface area contributed by atoms with E-state index in [2.05, 4.69) is 10.3 Å². The van der Waals surface area contributed by atoms with E-state index < -0.39 is 51.4 Å². The van der Waals surface area contributed by atoms with Crippen LogP contribution in [0.4, 0.5) is 0 Å². The molecule has 0 bridgehead atoms. The van der Waals surface area contributed by atoms with Gasteiger partial charge in [0.25, 0.3) is 5.56 Å². The van der Waals surface area contributed by atoms with Crippen molar-refractivity contribution in [2.24, 2.45) is 0 Å². The fourth-order valence-corrected chi connectivity index (χ4v) is 4.32. The lowest BCUT2D eigenvalue weighted by molar-refractivity contribution is -0.117. The molecule has 4 N–H and O–H groups in total. The third kappa shape index (κ3) is 6.72. The number of aliphatic hydroxyl groups is 1. The summed E-state index contributed by atoms with van der Waals surface area (Å²) in [5.41, 5.74) is -0.853. The van der Waals surface area contributed by atoms with Crippen LogP contribution in [0.25, 0.3) is 6.08 Å². The molecule has 3 atom stereocenters. The Morgan fingerprint density at radius 2 is 2.00 bits per heavy atom. The number of aromatic amines is 2. The molecule has 24 heavy (non-hydrogen) atoms. The van der Waals surface area contributed by atoms with Gasteiger partial charge in [0.15, 0.2) is 0 Å². The molecule has 1 aromatic rings. The highest BCUT2D eigenvalue weighted by atomic mass is 32.2. The van der Waals surface area contributed by atoms with E-state index in [1.54, 1.807) is 0 Å². The quantitative estimate of drug-likeness (QED) is 0.383. The van der Waals surface area contributed by atoms with Crippen molar-refractivity contribution < 1.29 is 18.3 Å². The van der Waals surface area contributed by atoms with Gasteiger partial charge in [-0.25, -0.2) is 4.79 Å². The van der Waals surface area contributed by atoms with E-state index in [0.29, 0.717) is 5.69 Å². The van der Waals surface area contributed by atoms with Crippen LogP contribution in [0, 0.1) is 6.92 Å². The van der Waals surface area contributed by atoms with Gasteiger partial charge in [0.2, 0.25) is 5.91 Å². The van der Waals surface area contributed by atoms with Crippen LogP contribution in [-0.4, -0.2) is 59.1 Å². The average molecular weight is 377 g/mol. The minimum absolute atomic E-state index is 0.0336. The lowest BCUT2D eigenvalue weighted by Gasteiger charge is -2.14. The second-order valence-electron chi connectivity index (χ2n) is 4.97. The third-order valence-electron chi connectivity index (χ3n) is 2.83. The maximum absolute atomic E-state index is 11.8. The molecule has 0 aliphatic carbocycles. The van der Waals surface area contributed by atoms with E-state index in [1.165, 1.54) is 19.3 Å². The molecule has 0 saturated heterocycles. The van der Waals surface area contributed by atoms with Crippen molar-refractivity contribution in [1.82, 2.24) is 15.3 Å². The standard InChI is InChI=1S/C13H19N3O6S2/c1-8-10(12(19)16-13(20)14-8)3-4-11(18)15-9(5-17)6-24(22)7-23(2)21/h3-4,9,17H,5-7H2,1-2H3,(H,15,18)(H2,14,16,19,20)/b4-3+/t9-,23+,24-/m1/s1. The molecule has 1 amide bonds. The minimum Gasteiger partial charge on any atom is -0.394 e. The Bertz CT molecular complexity index is 783. The van der Waals surface area contributed by atoms with E-state index in [-0.39, 0.29) is 16.4 Å². The topological polar surface area (TPSA) is 149 Å². The maximum Gasteiger partial charge on any atom is 0.325 e. The minimum atomic E-state index is -1.44. The summed E-state index contributed by atoms with van der Waals surface area (Å²) >= 11 is 0. The first-order valence-electron chi connectivity index (χ1n) is 6.80. The summed E-state index contributed by atoms with van der Waals surface area (Å²) in [5, 5.41) is 11.6. The highest BCUT2D eigenvalue weighted by Gasteiger charge is 2.14. The molecule has 0 spiro atoms. The first-order valence-corrected chi connectivity index (χ1v) is 10.0. The van der Waals surface area contributed by atoms with Crippen LogP contribution >= 0.6 is 0 Å². The van der Waals surface area contributed by atoms with E-state index in [4.69, 9.17) is 0 Å². The van der Waals surface area contributed by atoms with E-state index in [9.17, 15) is 27.9 Å². The number of hydrogen-bond acceptors (Lipinski definition) is 6. The second-order valence-corrected chi connectivity index (χ2v) is 8.27. The summed E-state index contributed by atoms with van der Waals surface area (Å²) in [5.74, 6) is -0.637. The molecular weight excluding hydrogens is 358 g/mol. The smallest absolute Gasteiger partial charge is 0.325 e. The van der Waals surface area contributed by atoms with Crippen molar-refractivity contribution >= 4 is 33.6 Å². The highest BCUT2D eigenvalue weighted by Crippen LogP contribution is 1.98. The van der Waals surface area contributed by atoms with Gasteiger partial charge >= 0.3 is 5.69 Å². The molecule has 0 unspecified atom stereocenters. The van der Waals surface area contributed by atoms with Crippen LogP contribution in [0.2, 0.25) is 0 Å². The van der Waals surface area contributed by atoms with Gasteiger partial charge in [0, 0.05) is 45.4 Å². The number of carbonyl (C=O) groups is 1. The fourth-order valence-electron chi connectivity index (χ4n) is 1.82. The molecule has 0 fully saturated rings. The number of H-pyrrole nitrogens is 2. The number of aliphatic hydroxyl groups excluding tert-OH is 1. The van der Waals surface area contributed by atoms with Crippen molar-refractivity contribution in [2.45, 2.75) is 13.0 Å². The molecule has 1 aromatic heterocycles. The maximum atomic E-state index is 11.8. The number of rotatable bonds is 8. The number of nitrogens with one attached hydrogen (secondary N) is 3. The van der Waals surface area contributed by atoms with Crippen molar-refractivity contribution in [3.05, 3.63) is 38.2 Å². The number of carbonyl (C=O) groups excluding carboxylic acids is 1. The molecular formula is C13H19N3O6S2. The van der Waals surface area contributed by atoms with Gasteiger partial charge in [-0.05, 0) is 13.0 Å². The second kappa shape index (κ2) is 9.45. The Hall–Kier alpha value is -1.85. The van der Waals surface area contributed by atoms with Crippen LogP contribution < -0.4 is 16.6 Å². The Labute approximate surface area is 142 Å². The van der Waals surface area contributed by atoms with Crippen LogP contribution in [-0.2, 0) is 26.4 Å². The molecule has 9 nitrogen and oxygen atoms in total. The lowest BCUT2D eigenvalue weighted by Crippen LogP contribution is -2.41. The number of aromatic nitrogens is 2. The van der Waals surface area contributed by atoms with Gasteiger partial charge < -0.3 is 15.4 Å². The predicted octanol–water partition coefficient (Wildman–Crippen LogP) is -2.05. The van der Waals surface area contributed by atoms with Crippen molar-refractivity contribution in [3.8, 4) is 0 Å². The van der Waals surface area contributed by atoms with Gasteiger partial charge in [-0.2, -0.15) is 0 Å². The largest absolute Gasteiger partial charge is 0.394 e. The molecule has 0 aliphatic rings. The summed E-state index contributed by atoms with van der Waals surface area (Å²) in [6, 6.07) is -0.763. The Kier molecular flexibility index (Phi) is 7.95. The first-order chi connectivity index (χ1) is 11.2. The zero-order valence-electron chi connectivity index (χ0n) is 13.2. The van der Waals surface area contributed by atoms with E-state index in [0.717, 1.165) is 6.08 Å². The zero-order chi connectivity index (χ0) is 18.3. The van der Waals surface area contributed by atoms with Gasteiger partial charge in [-0.1, -0.05) is 0 Å². The summed E-state index contributed by atoms with van der Waals surface area (Å²) in [6.07, 6.45) is 3.71.